The minimum atomic E-state index is -0.480. The van der Waals surface area contributed by atoms with Crippen LogP contribution in [0.1, 0.15) is 37.8 Å². The van der Waals surface area contributed by atoms with Gasteiger partial charge < -0.3 is 14.9 Å². The van der Waals surface area contributed by atoms with Crippen LogP contribution in [-0.4, -0.2) is 30.0 Å². The summed E-state index contributed by atoms with van der Waals surface area (Å²) in [6, 6.07) is -0.480. The lowest BCUT2D eigenvalue weighted by atomic mass is 10.3. The molecule has 2 rings (SSSR count). The lowest BCUT2D eigenvalue weighted by molar-refractivity contribution is 0.101. The van der Waals surface area contributed by atoms with Gasteiger partial charge in [0.05, 0.1) is 0 Å². The summed E-state index contributed by atoms with van der Waals surface area (Å²) in [7, 11) is 0. The molecule has 0 saturated heterocycles. The van der Waals surface area contributed by atoms with Gasteiger partial charge in [0.15, 0.2) is 0 Å². The molecule has 2 aromatic rings. The summed E-state index contributed by atoms with van der Waals surface area (Å²) < 4.78 is 3.82. The number of urea groups is 1. The quantitative estimate of drug-likeness (QED) is 0.924. The summed E-state index contributed by atoms with van der Waals surface area (Å²) in [4.78, 5) is 21.8. The molecule has 0 fully saturated rings. The van der Waals surface area contributed by atoms with E-state index in [9.17, 15) is 4.79 Å². The zero-order chi connectivity index (χ0) is 14.9. The molecule has 0 aliphatic carbocycles. The minimum Gasteiger partial charge on any atom is -0.351 e. The SMILES string of the molecule is Cc1nccn1C(C)N(C(N)=O)C(C)n1ccnc1C. The fourth-order valence-corrected chi connectivity index (χ4v) is 2.51. The van der Waals surface area contributed by atoms with Crippen LogP contribution >= 0.6 is 0 Å². The third kappa shape index (κ3) is 2.38. The Morgan fingerprint density at radius 2 is 1.50 bits per heavy atom. The molecule has 2 unspecified atom stereocenters. The maximum atomic E-state index is 11.9. The first-order chi connectivity index (χ1) is 9.43. The van der Waals surface area contributed by atoms with Crippen LogP contribution in [0.25, 0.3) is 0 Å². The molecule has 2 aromatic heterocycles. The molecule has 108 valence electrons. The van der Waals surface area contributed by atoms with Gasteiger partial charge in [0.1, 0.15) is 24.0 Å². The number of nitrogens with two attached hydrogens (primary N) is 1. The highest BCUT2D eigenvalue weighted by atomic mass is 16.2. The van der Waals surface area contributed by atoms with Gasteiger partial charge in [-0.2, -0.15) is 0 Å². The molecule has 0 aliphatic rings. The van der Waals surface area contributed by atoms with Gasteiger partial charge >= 0.3 is 6.03 Å². The van der Waals surface area contributed by atoms with Crippen molar-refractivity contribution in [2.75, 3.05) is 0 Å². The van der Waals surface area contributed by atoms with Crippen LogP contribution in [0.3, 0.4) is 0 Å². The monoisotopic (exact) mass is 276 g/mol. The van der Waals surface area contributed by atoms with Crippen molar-refractivity contribution < 1.29 is 4.79 Å². The predicted octanol–water partition coefficient (Wildman–Crippen LogP) is 1.81. The first-order valence-corrected chi connectivity index (χ1v) is 6.50. The number of carbonyl (C=O) groups is 1. The van der Waals surface area contributed by atoms with Gasteiger partial charge in [0.2, 0.25) is 0 Å². The second-order valence-electron chi connectivity index (χ2n) is 4.77. The van der Waals surface area contributed by atoms with Crippen LogP contribution < -0.4 is 5.73 Å². The number of rotatable bonds is 4. The second-order valence-corrected chi connectivity index (χ2v) is 4.77. The lowest BCUT2D eigenvalue weighted by Crippen LogP contribution is -2.43. The van der Waals surface area contributed by atoms with Crippen molar-refractivity contribution in [2.45, 2.75) is 40.0 Å². The number of primary amides is 1. The van der Waals surface area contributed by atoms with Crippen LogP contribution in [0.5, 0.6) is 0 Å². The summed E-state index contributed by atoms with van der Waals surface area (Å²) in [5.74, 6) is 1.66. The van der Waals surface area contributed by atoms with Crippen molar-refractivity contribution in [2.24, 2.45) is 5.73 Å². The molecule has 7 heteroatoms. The third-order valence-electron chi connectivity index (χ3n) is 3.59. The molecule has 0 radical (unpaired) electrons. The van der Waals surface area contributed by atoms with E-state index in [0.717, 1.165) is 11.6 Å². The Morgan fingerprint density at radius 3 is 1.75 bits per heavy atom. The van der Waals surface area contributed by atoms with Crippen LogP contribution in [0.15, 0.2) is 24.8 Å². The smallest absolute Gasteiger partial charge is 0.318 e. The molecule has 2 amide bonds. The molecule has 0 aliphatic heterocycles. The Balaban J connectivity index is 2.35. The van der Waals surface area contributed by atoms with E-state index in [4.69, 9.17) is 5.73 Å². The van der Waals surface area contributed by atoms with Gasteiger partial charge in [0, 0.05) is 24.8 Å². The number of carbonyl (C=O) groups excluding carboxylic acids is 1. The minimum absolute atomic E-state index is 0.230. The van der Waals surface area contributed by atoms with Crippen LogP contribution in [0.2, 0.25) is 0 Å². The molecule has 0 spiro atoms. The fraction of sp³-hybridized carbons (Fsp3) is 0.462. The topological polar surface area (TPSA) is 82.0 Å². The molecule has 2 heterocycles. The van der Waals surface area contributed by atoms with Crippen molar-refractivity contribution in [3.8, 4) is 0 Å². The number of hydrogen-bond acceptors (Lipinski definition) is 3. The Morgan fingerprint density at radius 1 is 1.10 bits per heavy atom. The Bertz CT molecular complexity index is 555. The summed E-state index contributed by atoms with van der Waals surface area (Å²) >= 11 is 0. The normalized spacial score (nSPS) is 14.0. The first-order valence-electron chi connectivity index (χ1n) is 6.50. The van der Waals surface area contributed by atoms with Gasteiger partial charge in [-0.15, -0.1) is 0 Å². The van der Waals surface area contributed by atoms with Crippen molar-refractivity contribution in [3.05, 3.63) is 36.4 Å². The molecule has 0 aromatic carbocycles. The van der Waals surface area contributed by atoms with E-state index in [1.54, 1.807) is 17.3 Å². The van der Waals surface area contributed by atoms with Crippen molar-refractivity contribution in [1.82, 2.24) is 24.0 Å². The molecule has 2 N–H and O–H groups in total. The number of hydrogen-bond donors (Lipinski definition) is 1. The molecule has 20 heavy (non-hydrogen) atoms. The first kappa shape index (κ1) is 14.1. The highest BCUT2D eigenvalue weighted by Gasteiger charge is 2.27. The zero-order valence-corrected chi connectivity index (χ0v) is 12.2. The van der Waals surface area contributed by atoms with Gasteiger partial charge in [-0.1, -0.05) is 0 Å². The Kier molecular flexibility index (Phi) is 3.78. The molecule has 0 bridgehead atoms. The van der Waals surface area contributed by atoms with E-state index in [2.05, 4.69) is 9.97 Å². The predicted molar refractivity (Wildman–Crippen MR) is 74.8 cm³/mol. The maximum Gasteiger partial charge on any atom is 0.318 e. The van der Waals surface area contributed by atoms with Crippen molar-refractivity contribution in [1.29, 1.82) is 0 Å². The zero-order valence-electron chi connectivity index (χ0n) is 12.2. The standard InChI is InChI=1S/C13H20N6O/c1-9-15-5-7-17(9)11(3)19(13(14)20)12(4)18-8-6-16-10(18)2/h5-8,11-12H,1-4H3,(H2,14,20). The van der Waals surface area contributed by atoms with E-state index >= 15 is 0 Å². The van der Waals surface area contributed by atoms with Crippen LogP contribution in [0, 0.1) is 13.8 Å². The largest absolute Gasteiger partial charge is 0.351 e. The number of nitrogens with zero attached hydrogens (tertiary/aromatic N) is 5. The van der Waals surface area contributed by atoms with E-state index in [1.807, 2.05) is 49.2 Å². The average Bonchev–Trinajstić information content (AvgIpc) is 2.97. The lowest BCUT2D eigenvalue weighted by Gasteiger charge is -2.35. The number of imidazole rings is 2. The van der Waals surface area contributed by atoms with E-state index < -0.39 is 6.03 Å². The maximum absolute atomic E-state index is 11.9. The van der Waals surface area contributed by atoms with E-state index in [1.165, 1.54) is 0 Å². The number of aromatic nitrogens is 4. The molecule has 0 saturated carbocycles. The van der Waals surface area contributed by atoms with Gasteiger partial charge in [0.25, 0.3) is 0 Å². The van der Waals surface area contributed by atoms with Crippen molar-refractivity contribution >= 4 is 6.03 Å². The molecular formula is C13H20N6O. The van der Waals surface area contributed by atoms with E-state index in [-0.39, 0.29) is 12.3 Å². The van der Waals surface area contributed by atoms with Crippen LogP contribution in [-0.2, 0) is 0 Å². The summed E-state index contributed by atoms with van der Waals surface area (Å²) in [5, 5.41) is 0. The van der Waals surface area contributed by atoms with Gasteiger partial charge in [-0.25, -0.2) is 14.8 Å². The van der Waals surface area contributed by atoms with Gasteiger partial charge in [-0.3, -0.25) is 4.90 Å². The van der Waals surface area contributed by atoms with Crippen molar-refractivity contribution in [3.63, 3.8) is 0 Å². The van der Waals surface area contributed by atoms with Gasteiger partial charge in [-0.05, 0) is 27.7 Å². The fourth-order valence-electron chi connectivity index (χ4n) is 2.51. The third-order valence-corrected chi connectivity index (χ3v) is 3.59. The molecule has 2 atom stereocenters. The number of aryl methyl sites for hydroxylation is 2. The summed E-state index contributed by atoms with van der Waals surface area (Å²) in [5.41, 5.74) is 5.57. The highest BCUT2D eigenvalue weighted by molar-refractivity contribution is 5.72. The molecule has 7 nitrogen and oxygen atoms in total. The number of amides is 2. The summed E-state index contributed by atoms with van der Waals surface area (Å²) in [6.45, 7) is 7.62. The molecular weight excluding hydrogens is 256 g/mol. The Labute approximate surface area is 118 Å². The second kappa shape index (κ2) is 5.36. The van der Waals surface area contributed by atoms with Crippen LogP contribution in [0.4, 0.5) is 4.79 Å². The van der Waals surface area contributed by atoms with E-state index in [0.29, 0.717) is 0 Å². The highest BCUT2D eigenvalue weighted by Crippen LogP contribution is 2.24. The Hall–Kier alpha value is -2.31. The summed E-state index contributed by atoms with van der Waals surface area (Å²) in [6.07, 6.45) is 6.63. The average molecular weight is 276 g/mol.